The third-order valence-electron chi connectivity index (χ3n) is 3.27. The first-order chi connectivity index (χ1) is 9.78. The molecule has 3 aromatic rings. The number of hydrogen-bond acceptors (Lipinski definition) is 3. The minimum Gasteiger partial charge on any atom is -0.463 e. The summed E-state index contributed by atoms with van der Waals surface area (Å²) in [6.45, 7) is 2.70. The van der Waals surface area contributed by atoms with Crippen molar-refractivity contribution < 1.29 is 9.21 Å². The summed E-state index contributed by atoms with van der Waals surface area (Å²) >= 11 is 0. The SMILES string of the molecule is Cc1ccccc1Cn1cc(C=O)c(-c2ccco2)n1. The molecule has 2 aromatic heterocycles. The van der Waals surface area contributed by atoms with Crippen molar-refractivity contribution in [2.75, 3.05) is 0 Å². The normalized spacial score (nSPS) is 10.7. The van der Waals surface area contributed by atoms with Crippen molar-refractivity contribution >= 4 is 6.29 Å². The Balaban J connectivity index is 1.96. The van der Waals surface area contributed by atoms with Gasteiger partial charge in [-0.3, -0.25) is 9.48 Å². The first-order valence-corrected chi connectivity index (χ1v) is 6.39. The number of nitrogens with zero attached hydrogens (tertiary/aromatic N) is 2. The molecule has 0 saturated heterocycles. The summed E-state index contributed by atoms with van der Waals surface area (Å²) in [5.74, 6) is 0.607. The lowest BCUT2D eigenvalue weighted by Crippen LogP contribution is -2.01. The highest BCUT2D eigenvalue weighted by atomic mass is 16.3. The zero-order valence-corrected chi connectivity index (χ0v) is 11.1. The van der Waals surface area contributed by atoms with Crippen LogP contribution in [0.2, 0.25) is 0 Å². The molecular formula is C16H14N2O2. The van der Waals surface area contributed by atoms with Gasteiger partial charge in [-0.1, -0.05) is 24.3 Å². The van der Waals surface area contributed by atoms with Crippen LogP contribution in [0.1, 0.15) is 21.5 Å². The van der Waals surface area contributed by atoms with Crippen LogP contribution in [0.4, 0.5) is 0 Å². The van der Waals surface area contributed by atoms with Crippen molar-refractivity contribution in [3.8, 4) is 11.5 Å². The molecule has 20 heavy (non-hydrogen) atoms. The molecule has 0 N–H and O–H groups in total. The second-order valence-electron chi connectivity index (χ2n) is 4.65. The van der Waals surface area contributed by atoms with Crippen LogP contribution in [0.25, 0.3) is 11.5 Å². The van der Waals surface area contributed by atoms with E-state index in [9.17, 15) is 4.79 Å². The van der Waals surface area contributed by atoms with Gasteiger partial charge in [0.2, 0.25) is 0 Å². The van der Waals surface area contributed by atoms with Crippen LogP contribution in [-0.4, -0.2) is 16.1 Å². The Morgan fingerprint density at radius 2 is 2.10 bits per heavy atom. The Hall–Kier alpha value is -2.62. The van der Waals surface area contributed by atoms with Crippen LogP contribution >= 0.6 is 0 Å². The summed E-state index contributed by atoms with van der Waals surface area (Å²) in [7, 11) is 0. The highest BCUT2D eigenvalue weighted by Crippen LogP contribution is 2.22. The summed E-state index contributed by atoms with van der Waals surface area (Å²) in [4.78, 5) is 11.2. The second-order valence-corrected chi connectivity index (χ2v) is 4.65. The largest absolute Gasteiger partial charge is 0.463 e. The standard InChI is InChI=1S/C16H14N2O2/c1-12-5-2-3-6-13(12)9-18-10-14(11-19)16(17-18)15-7-4-8-20-15/h2-8,10-11H,9H2,1H3. The van der Waals surface area contributed by atoms with E-state index in [0.29, 0.717) is 23.6 Å². The van der Waals surface area contributed by atoms with Crippen molar-refractivity contribution in [2.24, 2.45) is 0 Å². The van der Waals surface area contributed by atoms with Crippen molar-refractivity contribution in [3.63, 3.8) is 0 Å². The molecule has 0 spiro atoms. The Kier molecular flexibility index (Phi) is 3.21. The van der Waals surface area contributed by atoms with Crippen LogP contribution in [0.5, 0.6) is 0 Å². The van der Waals surface area contributed by atoms with Gasteiger partial charge in [0.05, 0.1) is 18.4 Å². The zero-order chi connectivity index (χ0) is 13.9. The molecule has 0 bridgehead atoms. The lowest BCUT2D eigenvalue weighted by Gasteiger charge is -2.05. The van der Waals surface area contributed by atoms with E-state index in [4.69, 9.17) is 4.42 Å². The first-order valence-electron chi connectivity index (χ1n) is 6.39. The van der Waals surface area contributed by atoms with Crippen LogP contribution in [0.3, 0.4) is 0 Å². The molecule has 0 radical (unpaired) electrons. The van der Waals surface area contributed by atoms with Gasteiger partial charge in [-0.25, -0.2) is 0 Å². The number of carbonyl (C=O) groups excluding carboxylic acids is 1. The summed E-state index contributed by atoms with van der Waals surface area (Å²) in [5, 5.41) is 4.45. The number of aryl methyl sites for hydroxylation is 1. The minimum atomic E-state index is 0.536. The predicted octanol–water partition coefficient (Wildman–Crippen LogP) is 3.31. The lowest BCUT2D eigenvalue weighted by molar-refractivity contribution is 0.112. The van der Waals surface area contributed by atoms with Gasteiger partial charge in [-0.2, -0.15) is 5.10 Å². The van der Waals surface area contributed by atoms with Crippen LogP contribution in [-0.2, 0) is 6.54 Å². The molecule has 1 aromatic carbocycles. The molecule has 0 unspecified atom stereocenters. The molecule has 0 aliphatic heterocycles. The van der Waals surface area contributed by atoms with Gasteiger partial charge in [0.25, 0.3) is 0 Å². The molecule has 4 heteroatoms. The molecule has 0 amide bonds. The number of benzene rings is 1. The quantitative estimate of drug-likeness (QED) is 0.681. The number of carbonyl (C=O) groups is 1. The smallest absolute Gasteiger partial charge is 0.154 e. The van der Waals surface area contributed by atoms with E-state index in [0.717, 1.165) is 6.29 Å². The number of rotatable bonds is 4. The third kappa shape index (κ3) is 2.28. The molecular weight excluding hydrogens is 252 g/mol. The summed E-state index contributed by atoms with van der Waals surface area (Å²) in [6.07, 6.45) is 4.13. The van der Waals surface area contributed by atoms with Gasteiger partial charge in [0.1, 0.15) is 5.69 Å². The Labute approximate surface area is 116 Å². The van der Waals surface area contributed by atoms with E-state index < -0.39 is 0 Å². The molecule has 4 nitrogen and oxygen atoms in total. The fraction of sp³-hybridized carbons (Fsp3) is 0.125. The van der Waals surface area contributed by atoms with Crippen molar-refractivity contribution in [1.82, 2.24) is 9.78 Å². The van der Waals surface area contributed by atoms with Crippen molar-refractivity contribution in [2.45, 2.75) is 13.5 Å². The summed E-state index contributed by atoms with van der Waals surface area (Å²) < 4.78 is 7.08. The highest BCUT2D eigenvalue weighted by Gasteiger charge is 2.13. The van der Waals surface area contributed by atoms with Gasteiger partial charge < -0.3 is 4.42 Å². The lowest BCUT2D eigenvalue weighted by atomic mass is 10.1. The predicted molar refractivity (Wildman–Crippen MR) is 75.6 cm³/mol. The molecule has 2 heterocycles. The van der Waals surface area contributed by atoms with Gasteiger partial charge in [0, 0.05) is 6.20 Å². The van der Waals surface area contributed by atoms with Crippen molar-refractivity contribution in [3.05, 3.63) is 65.5 Å². The van der Waals surface area contributed by atoms with E-state index >= 15 is 0 Å². The van der Waals surface area contributed by atoms with E-state index in [1.807, 2.05) is 12.1 Å². The third-order valence-corrected chi connectivity index (χ3v) is 3.27. The first kappa shape index (κ1) is 12.4. The molecule has 100 valence electrons. The van der Waals surface area contributed by atoms with Gasteiger partial charge in [0.15, 0.2) is 12.0 Å². The van der Waals surface area contributed by atoms with Crippen LogP contribution in [0, 0.1) is 6.92 Å². The number of furan rings is 1. The minimum absolute atomic E-state index is 0.536. The molecule has 0 atom stereocenters. The Morgan fingerprint density at radius 1 is 1.25 bits per heavy atom. The maximum atomic E-state index is 11.2. The molecule has 0 fully saturated rings. The average molecular weight is 266 g/mol. The maximum absolute atomic E-state index is 11.2. The fourth-order valence-electron chi connectivity index (χ4n) is 2.17. The molecule has 3 rings (SSSR count). The van der Waals surface area contributed by atoms with Crippen LogP contribution < -0.4 is 0 Å². The summed E-state index contributed by atoms with van der Waals surface area (Å²) in [6, 6.07) is 11.7. The maximum Gasteiger partial charge on any atom is 0.154 e. The molecule has 0 aliphatic carbocycles. The van der Waals surface area contributed by atoms with Crippen molar-refractivity contribution in [1.29, 1.82) is 0 Å². The number of aldehydes is 1. The Bertz CT molecular complexity index is 727. The number of hydrogen-bond donors (Lipinski definition) is 0. The topological polar surface area (TPSA) is 48.0 Å². The van der Waals surface area contributed by atoms with E-state index in [2.05, 4.69) is 24.2 Å². The monoisotopic (exact) mass is 266 g/mol. The number of aromatic nitrogens is 2. The second kappa shape index (κ2) is 5.17. The van der Waals surface area contributed by atoms with Gasteiger partial charge in [-0.15, -0.1) is 0 Å². The Morgan fingerprint density at radius 3 is 2.80 bits per heavy atom. The van der Waals surface area contributed by atoms with E-state index in [-0.39, 0.29) is 0 Å². The van der Waals surface area contributed by atoms with Gasteiger partial charge >= 0.3 is 0 Å². The molecule has 0 saturated carbocycles. The fourth-order valence-corrected chi connectivity index (χ4v) is 2.17. The van der Waals surface area contributed by atoms with E-state index in [1.54, 1.807) is 29.3 Å². The van der Waals surface area contributed by atoms with Gasteiger partial charge in [-0.05, 0) is 30.2 Å². The molecule has 0 aliphatic rings. The highest BCUT2D eigenvalue weighted by molar-refractivity contribution is 5.83. The van der Waals surface area contributed by atoms with Crippen LogP contribution in [0.15, 0.2) is 53.3 Å². The average Bonchev–Trinajstić information content (AvgIpc) is 3.09. The zero-order valence-electron chi connectivity index (χ0n) is 11.1. The van der Waals surface area contributed by atoms with E-state index in [1.165, 1.54) is 11.1 Å². The summed E-state index contributed by atoms with van der Waals surface area (Å²) in [5.41, 5.74) is 3.50.